The average Bonchev–Trinajstić information content (AvgIpc) is 3.19. The minimum atomic E-state index is -0.105. The molecule has 0 bridgehead atoms. The molecule has 1 saturated heterocycles. The van der Waals surface area contributed by atoms with E-state index in [1.165, 1.54) is 0 Å². The number of benzene rings is 1. The van der Waals surface area contributed by atoms with Crippen molar-refractivity contribution in [3.8, 4) is 0 Å². The van der Waals surface area contributed by atoms with E-state index in [0.29, 0.717) is 26.2 Å². The highest BCUT2D eigenvalue weighted by Gasteiger charge is 2.31. The van der Waals surface area contributed by atoms with E-state index in [-0.39, 0.29) is 17.7 Å². The fourth-order valence-electron chi connectivity index (χ4n) is 4.36. The number of carbonyl (C=O) groups excluding carboxylic acids is 2. The summed E-state index contributed by atoms with van der Waals surface area (Å²) in [5.74, 6) is 0.125. The average molecular weight is 380 g/mol. The van der Waals surface area contributed by atoms with Crippen LogP contribution in [0.2, 0.25) is 0 Å². The lowest BCUT2D eigenvalue weighted by atomic mass is 9.94. The summed E-state index contributed by atoms with van der Waals surface area (Å²) in [5, 5.41) is 4.39. The Kier molecular flexibility index (Phi) is 5.46. The molecule has 1 atom stereocenters. The number of aromatic nitrogens is 2. The number of nitrogens with zero attached hydrogens (tertiary/aromatic N) is 4. The van der Waals surface area contributed by atoms with Gasteiger partial charge < -0.3 is 9.80 Å². The first-order valence-electron chi connectivity index (χ1n) is 10.4. The van der Waals surface area contributed by atoms with E-state index in [0.717, 1.165) is 49.0 Å². The zero-order chi connectivity index (χ0) is 19.5. The summed E-state index contributed by atoms with van der Waals surface area (Å²) in [6.07, 6.45) is 5.68. The molecule has 1 aromatic carbocycles. The third kappa shape index (κ3) is 3.55. The molecule has 0 radical (unpaired) electrons. The second-order valence-electron chi connectivity index (χ2n) is 7.67. The maximum Gasteiger partial charge on any atom is 0.257 e. The second-order valence-corrected chi connectivity index (χ2v) is 7.67. The van der Waals surface area contributed by atoms with Crippen molar-refractivity contribution in [3.63, 3.8) is 0 Å². The van der Waals surface area contributed by atoms with Crippen molar-refractivity contribution in [1.82, 2.24) is 19.6 Å². The molecule has 0 N–H and O–H groups in total. The molecule has 6 nitrogen and oxygen atoms in total. The van der Waals surface area contributed by atoms with Gasteiger partial charge in [-0.05, 0) is 31.2 Å². The van der Waals surface area contributed by atoms with Gasteiger partial charge in [0.2, 0.25) is 5.91 Å². The summed E-state index contributed by atoms with van der Waals surface area (Å²) in [5.41, 5.74) is 2.89. The van der Waals surface area contributed by atoms with Crippen molar-refractivity contribution in [2.45, 2.75) is 45.1 Å². The van der Waals surface area contributed by atoms with Crippen LogP contribution in [0, 0.1) is 0 Å². The van der Waals surface area contributed by atoms with Gasteiger partial charge >= 0.3 is 0 Å². The summed E-state index contributed by atoms with van der Waals surface area (Å²) in [4.78, 5) is 29.8. The summed E-state index contributed by atoms with van der Waals surface area (Å²) < 4.78 is 1.97. The largest absolute Gasteiger partial charge is 0.339 e. The highest BCUT2D eigenvalue weighted by molar-refractivity contribution is 5.95. The molecule has 0 aliphatic carbocycles. The van der Waals surface area contributed by atoms with E-state index < -0.39 is 0 Å². The van der Waals surface area contributed by atoms with Gasteiger partial charge in [-0.1, -0.05) is 37.3 Å². The molecule has 1 fully saturated rings. The molecule has 0 spiro atoms. The van der Waals surface area contributed by atoms with Gasteiger partial charge in [0, 0.05) is 32.7 Å². The summed E-state index contributed by atoms with van der Waals surface area (Å²) in [6.45, 7) is 5.32. The first-order chi connectivity index (χ1) is 13.7. The Bertz CT molecular complexity index is 837. The minimum absolute atomic E-state index is 0.0605. The molecule has 148 valence electrons. The number of amides is 2. The van der Waals surface area contributed by atoms with Gasteiger partial charge in [-0.25, -0.2) is 0 Å². The van der Waals surface area contributed by atoms with Crippen LogP contribution in [0.25, 0.3) is 0 Å². The van der Waals surface area contributed by atoms with Crippen LogP contribution in [-0.2, 0) is 17.8 Å². The molecular formula is C22H28N4O2. The minimum Gasteiger partial charge on any atom is -0.339 e. The fourth-order valence-corrected chi connectivity index (χ4v) is 4.36. The number of carbonyl (C=O) groups is 2. The lowest BCUT2D eigenvalue weighted by molar-refractivity contribution is -0.134. The standard InChI is InChI=1S/C22H28N4O2/c1-2-18(17-8-4-3-5-9-17)21(27)24-12-14-25(15-13-24)22(28)19-16-23-26-11-7-6-10-20(19)26/h3-5,8-9,16,18H,2,6-7,10-15H2,1H3/t18-/m0/s1. The number of rotatable bonds is 4. The van der Waals surface area contributed by atoms with Gasteiger partial charge in [0.05, 0.1) is 23.4 Å². The Hall–Kier alpha value is -2.63. The molecule has 0 unspecified atom stereocenters. The molecule has 28 heavy (non-hydrogen) atoms. The van der Waals surface area contributed by atoms with Gasteiger partial charge in [0.15, 0.2) is 0 Å². The van der Waals surface area contributed by atoms with Crippen molar-refractivity contribution in [3.05, 3.63) is 53.3 Å². The first kappa shape index (κ1) is 18.7. The molecule has 2 aromatic rings. The maximum atomic E-state index is 13.0. The quantitative estimate of drug-likeness (QED) is 0.819. The first-order valence-corrected chi connectivity index (χ1v) is 10.4. The number of hydrogen-bond acceptors (Lipinski definition) is 3. The highest BCUT2D eigenvalue weighted by atomic mass is 16.2. The van der Waals surface area contributed by atoms with Crippen LogP contribution < -0.4 is 0 Å². The van der Waals surface area contributed by atoms with Gasteiger partial charge in [0.1, 0.15) is 0 Å². The smallest absolute Gasteiger partial charge is 0.257 e. The lowest BCUT2D eigenvalue weighted by Gasteiger charge is -2.36. The van der Waals surface area contributed by atoms with E-state index in [1.807, 2.05) is 44.8 Å². The Labute approximate surface area is 166 Å². The van der Waals surface area contributed by atoms with Crippen LogP contribution in [0.5, 0.6) is 0 Å². The predicted molar refractivity (Wildman–Crippen MR) is 107 cm³/mol. The lowest BCUT2D eigenvalue weighted by Crippen LogP contribution is -2.51. The summed E-state index contributed by atoms with van der Waals surface area (Å²) in [7, 11) is 0. The number of fused-ring (bicyclic) bond motifs is 1. The second kappa shape index (κ2) is 8.17. The van der Waals surface area contributed by atoms with Crippen molar-refractivity contribution in [2.24, 2.45) is 0 Å². The monoisotopic (exact) mass is 380 g/mol. The van der Waals surface area contributed by atoms with E-state index >= 15 is 0 Å². The molecule has 4 rings (SSSR count). The zero-order valence-electron chi connectivity index (χ0n) is 16.5. The molecule has 2 aliphatic heterocycles. The van der Waals surface area contributed by atoms with E-state index in [4.69, 9.17) is 0 Å². The predicted octanol–water partition coefficient (Wildman–Crippen LogP) is 2.70. The Morgan fingerprint density at radius 3 is 2.43 bits per heavy atom. The third-order valence-corrected chi connectivity index (χ3v) is 6.00. The van der Waals surface area contributed by atoms with Gasteiger partial charge in [-0.15, -0.1) is 0 Å². The normalized spacial score (nSPS) is 17.9. The number of piperazine rings is 1. The molecule has 2 aliphatic rings. The Balaban J connectivity index is 1.40. The molecule has 3 heterocycles. The molecular weight excluding hydrogens is 352 g/mol. The van der Waals surface area contributed by atoms with Crippen LogP contribution in [0.4, 0.5) is 0 Å². The third-order valence-electron chi connectivity index (χ3n) is 6.00. The molecule has 2 amide bonds. The topological polar surface area (TPSA) is 58.4 Å². The Morgan fingerprint density at radius 1 is 1.00 bits per heavy atom. The van der Waals surface area contributed by atoms with Crippen LogP contribution >= 0.6 is 0 Å². The van der Waals surface area contributed by atoms with Gasteiger partial charge in [-0.2, -0.15) is 5.10 Å². The van der Waals surface area contributed by atoms with Crippen LogP contribution in [-0.4, -0.2) is 57.6 Å². The number of aryl methyl sites for hydroxylation is 1. The molecule has 6 heteroatoms. The molecule has 1 aromatic heterocycles. The zero-order valence-corrected chi connectivity index (χ0v) is 16.5. The SMILES string of the molecule is CC[C@H](C(=O)N1CCN(C(=O)c2cnn3c2CCCC3)CC1)c1ccccc1. The van der Waals surface area contributed by atoms with Crippen molar-refractivity contribution < 1.29 is 9.59 Å². The van der Waals surface area contributed by atoms with E-state index in [9.17, 15) is 9.59 Å². The van der Waals surface area contributed by atoms with Crippen molar-refractivity contribution in [2.75, 3.05) is 26.2 Å². The van der Waals surface area contributed by atoms with Crippen molar-refractivity contribution >= 4 is 11.8 Å². The summed E-state index contributed by atoms with van der Waals surface area (Å²) >= 11 is 0. The Morgan fingerprint density at radius 2 is 1.71 bits per heavy atom. The van der Waals surface area contributed by atoms with Gasteiger partial charge in [0.25, 0.3) is 5.91 Å². The fraction of sp³-hybridized carbons (Fsp3) is 0.500. The van der Waals surface area contributed by atoms with E-state index in [2.05, 4.69) is 12.0 Å². The number of hydrogen-bond donors (Lipinski definition) is 0. The van der Waals surface area contributed by atoms with Crippen LogP contribution in [0.1, 0.15) is 53.7 Å². The van der Waals surface area contributed by atoms with E-state index in [1.54, 1.807) is 6.20 Å². The van der Waals surface area contributed by atoms with Crippen LogP contribution in [0.15, 0.2) is 36.5 Å². The summed E-state index contributed by atoms with van der Waals surface area (Å²) in [6, 6.07) is 9.98. The van der Waals surface area contributed by atoms with Crippen LogP contribution in [0.3, 0.4) is 0 Å². The van der Waals surface area contributed by atoms with Gasteiger partial charge in [-0.3, -0.25) is 14.3 Å². The van der Waals surface area contributed by atoms with Crippen molar-refractivity contribution in [1.29, 1.82) is 0 Å². The maximum absolute atomic E-state index is 13.0. The molecule has 0 saturated carbocycles. The highest BCUT2D eigenvalue weighted by Crippen LogP contribution is 2.24.